The second-order valence-corrected chi connectivity index (χ2v) is 4.02. The van der Waals surface area contributed by atoms with E-state index in [0.717, 1.165) is 17.4 Å². The lowest BCUT2D eigenvalue weighted by Gasteiger charge is -2.19. The molecule has 1 aromatic carbocycles. The third-order valence-corrected chi connectivity index (χ3v) is 2.89. The van der Waals surface area contributed by atoms with Crippen LogP contribution in [0.2, 0.25) is 0 Å². The van der Waals surface area contributed by atoms with E-state index in [2.05, 4.69) is 5.32 Å². The Morgan fingerprint density at radius 3 is 2.80 bits per heavy atom. The molecule has 1 aliphatic carbocycles. The standard InChI is InChI=1S/C12H18N2O/c1-15-12-5-3-2-4-10(12)14-11(8-13)9-6-7-9/h2-5,9,11,14H,6-8,13H2,1H3. The van der Waals surface area contributed by atoms with E-state index in [1.807, 2.05) is 24.3 Å². The monoisotopic (exact) mass is 206 g/mol. The molecule has 0 heterocycles. The zero-order chi connectivity index (χ0) is 10.7. The second-order valence-electron chi connectivity index (χ2n) is 4.02. The Hall–Kier alpha value is -1.22. The molecule has 0 bridgehead atoms. The molecule has 2 rings (SSSR count). The first-order chi connectivity index (χ1) is 7.35. The van der Waals surface area contributed by atoms with Crippen molar-refractivity contribution in [2.24, 2.45) is 11.7 Å². The highest BCUT2D eigenvalue weighted by Crippen LogP contribution is 2.35. The van der Waals surface area contributed by atoms with E-state index in [-0.39, 0.29) is 0 Å². The number of hydrogen-bond acceptors (Lipinski definition) is 3. The lowest BCUT2D eigenvalue weighted by Crippen LogP contribution is -2.30. The van der Waals surface area contributed by atoms with Crippen LogP contribution in [-0.2, 0) is 0 Å². The van der Waals surface area contributed by atoms with Crippen LogP contribution in [0.25, 0.3) is 0 Å². The summed E-state index contributed by atoms with van der Waals surface area (Å²) in [6.07, 6.45) is 2.59. The van der Waals surface area contributed by atoms with Crippen LogP contribution in [0.1, 0.15) is 12.8 Å². The van der Waals surface area contributed by atoms with Gasteiger partial charge >= 0.3 is 0 Å². The van der Waals surface area contributed by atoms with Crippen molar-refractivity contribution in [2.75, 3.05) is 19.0 Å². The van der Waals surface area contributed by atoms with Crippen LogP contribution >= 0.6 is 0 Å². The molecule has 0 amide bonds. The SMILES string of the molecule is COc1ccccc1NC(CN)C1CC1. The Morgan fingerprint density at radius 1 is 1.47 bits per heavy atom. The molecule has 3 heteroatoms. The topological polar surface area (TPSA) is 47.3 Å². The highest BCUT2D eigenvalue weighted by Gasteiger charge is 2.30. The zero-order valence-corrected chi connectivity index (χ0v) is 9.07. The van der Waals surface area contributed by atoms with Crippen molar-refractivity contribution in [1.82, 2.24) is 0 Å². The van der Waals surface area contributed by atoms with E-state index in [0.29, 0.717) is 12.6 Å². The first-order valence-electron chi connectivity index (χ1n) is 5.44. The minimum absolute atomic E-state index is 0.390. The van der Waals surface area contributed by atoms with Crippen molar-refractivity contribution in [2.45, 2.75) is 18.9 Å². The largest absolute Gasteiger partial charge is 0.495 e. The van der Waals surface area contributed by atoms with Crippen molar-refractivity contribution >= 4 is 5.69 Å². The average Bonchev–Trinajstić information content (AvgIpc) is 3.10. The maximum atomic E-state index is 5.75. The molecule has 1 atom stereocenters. The van der Waals surface area contributed by atoms with Crippen molar-refractivity contribution in [3.63, 3.8) is 0 Å². The number of nitrogens with two attached hydrogens (primary N) is 1. The molecule has 1 aliphatic rings. The molecule has 3 nitrogen and oxygen atoms in total. The minimum atomic E-state index is 0.390. The summed E-state index contributed by atoms with van der Waals surface area (Å²) in [7, 11) is 1.69. The van der Waals surface area contributed by atoms with Gasteiger partial charge in [0, 0.05) is 12.6 Å². The number of benzene rings is 1. The summed E-state index contributed by atoms with van der Waals surface area (Å²) < 4.78 is 5.29. The first kappa shape index (κ1) is 10.3. The quantitative estimate of drug-likeness (QED) is 0.773. The first-order valence-corrected chi connectivity index (χ1v) is 5.44. The molecular formula is C12H18N2O. The van der Waals surface area contributed by atoms with Crippen LogP contribution in [-0.4, -0.2) is 19.7 Å². The summed E-state index contributed by atoms with van der Waals surface area (Å²) in [5, 5.41) is 3.46. The van der Waals surface area contributed by atoms with Crippen molar-refractivity contribution in [1.29, 1.82) is 0 Å². The number of hydrogen-bond donors (Lipinski definition) is 2. The second kappa shape index (κ2) is 4.53. The van der Waals surface area contributed by atoms with E-state index in [1.54, 1.807) is 7.11 Å². The normalized spacial score (nSPS) is 17.2. The molecule has 0 aliphatic heterocycles. The summed E-state index contributed by atoms with van der Waals surface area (Å²) >= 11 is 0. The van der Waals surface area contributed by atoms with Gasteiger partial charge in [-0.3, -0.25) is 0 Å². The number of nitrogens with one attached hydrogen (secondary N) is 1. The molecule has 15 heavy (non-hydrogen) atoms. The number of anilines is 1. The predicted octanol–water partition coefficient (Wildman–Crippen LogP) is 1.84. The van der Waals surface area contributed by atoms with Crippen molar-refractivity contribution in [3.8, 4) is 5.75 Å². The van der Waals surface area contributed by atoms with Crippen LogP contribution in [0, 0.1) is 5.92 Å². The maximum Gasteiger partial charge on any atom is 0.141 e. The predicted molar refractivity (Wildman–Crippen MR) is 62.2 cm³/mol. The van der Waals surface area contributed by atoms with Crippen LogP contribution in [0.15, 0.2) is 24.3 Å². The van der Waals surface area contributed by atoms with E-state index >= 15 is 0 Å². The van der Waals surface area contributed by atoms with Gasteiger partial charge in [-0.2, -0.15) is 0 Å². The fraction of sp³-hybridized carbons (Fsp3) is 0.500. The summed E-state index contributed by atoms with van der Waals surface area (Å²) in [6.45, 7) is 0.683. The molecule has 1 aromatic rings. The molecule has 0 aromatic heterocycles. The van der Waals surface area contributed by atoms with E-state index < -0.39 is 0 Å². The summed E-state index contributed by atoms with van der Waals surface area (Å²) in [5.41, 5.74) is 6.79. The molecule has 0 spiro atoms. The van der Waals surface area contributed by atoms with Crippen LogP contribution < -0.4 is 15.8 Å². The molecule has 1 unspecified atom stereocenters. The number of methoxy groups -OCH3 is 1. The smallest absolute Gasteiger partial charge is 0.141 e. The summed E-state index contributed by atoms with van der Waals surface area (Å²) in [4.78, 5) is 0. The number of para-hydroxylation sites is 2. The Labute approximate surface area is 90.6 Å². The van der Waals surface area contributed by atoms with Gasteiger partial charge < -0.3 is 15.8 Å². The highest BCUT2D eigenvalue weighted by molar-refractivity contribution is 5.56. The average molecular weight is 206 g/mol. The van der Waals surface area contributed by atoms with Gasteiger partial charge in [-0.05, 0) is 30.9 Å². The molecule has 0 saturated heterocycles. The summed E-state index contributed by atoms with van der Waals surface area (Å²) in [5.74, 6) is 1.64. The van der Waals surface area contributed by atoms with Gasteiger partial charge in [-0.25, -0.2) is 0 Å². The fourth-order valence-electron chi connectivity index (χ4n) is 1.83. The minimum Gasteiger partial charge on any atom is -0.495 e. The zero-order valence-electron chi connectivity index (χ0n) is 9.07. The Balaban J connectivity index is 2.07. The fourth-order valence-corrected chi connectivity index (χ4v) is 1.83. The van der Waals surface area contributed by atoms with Crippen LogP contribution in [0.5, 0.6) is 5.75 Å². The van der Waals surface area contributed by atoms with E-state index in [9.17, 15) is 0 Å². The van der Waals surface area contributed by atoms with Gasteiger partial charge in [-0.15, -0.1) is 0 Å². The molecule has 3 N–H and O–H groups in total. The van der Waals surface area contributed by atoms with Gasteiger partial charge in [0.2, 0.25) is 0 Å². The Kier molecular flexibility index (Phi) is 3.11. The van der Waals surface area contributed by atoms with Crippen molar-refractivity contribution < 1.29 is 4.74 Å². The van der Waals surface area contributed by atoms with Gasteiger partial charge in [0.1, 0.15) is 5.75 Å². The van der Waals surface area contributed by atoms with Crippen LogP contribution in [0.3, 0.4) is 0 Å². The van der Waals surface area contributed by atoms with E-state index in [1.165, 1.54) is 12.8 Å². The molecule has 0 radical (unpaired) electrons. The Morgan fingerprint density at radius 2 is 2.20 bits per heavy atom. The molecular weight excluding hydrogens is 188 g/mol. The van der Waals surface area contributed by atoms with Gasteiger partial charge in [0.25, 0.3) is 0 Å². The Bertz CT molecular complexity index is 323. The maximum absolute atomic E-state index is 5.75. The number of ether oxygens (including phenoxy) is 1. The van der Waals surface area contributed by atoms with Crippen LogP contribution in [0.4, 0.5) is 5.69 Å². The third kappa shape index (κ3) is 2.42. The highest BCUT2D eigenvalue weighted by atomic mass is 16.5. The molecule has 82 valence electrons. The van der Waals surface area contributed by atoms with Gasteiger partial charge in [-0.1, -0.05) is 12.1 Å². The lowest BCUT2D eigenvalue weighted by atomic mass is 10.1. The van der Waals surface area contributed by atoms with Crippen molar-refractivity contribution in [3.05, 3.63) is 24.3 Å². The third-order valence-electron chi connectivity index (χ3n) is 2.89. The molecule has 1 saturated carbocycles. The van der Waals surface area contributed by atoms with Gasteiger partial charge in [0.15, 0.2) is 0 Å². The number of rotatable bonds is 5. The summed E-state index contributed by atoms with van der Waals surface area (Å²) in [6, 6.07) is 8.36. The van der Waals surface area contributed by atoms with Gasteiger partial charge in [0.05, 0.1) is 12.8 Å². The lowest BCUT2D eigenvalue weighted by molar-refractivity contribution is 0.415. The van der Waals surface area contributed by atoms with E-state index in [4.69, 9.17) is 10.5 Å². The molecule has 1 fully saturated rings.